The van der Waals surface area contributed by atoms with Crippen molar-refractivity contribution in [3.63, 3.8) is 0 Å². The highest BCUT2D eigenvalue weighted by atomic mass is 16.6. The molecule has 0 aromatic heterocycles. The lowest BCUT2D eigenvalue weighted by molar-refractivity contribution is -0.173. The molecule has 0 spiro atoms. The van der Waals surface area contributed by atoms with Crippen LogP contribution >= 0.6 is 0 Å². The van der Waals surface area contributed by atoms with Crippen LogP contribution in [0.1, 0.15) is 144 Å². The second kappa shape index (κ2) is 20.3. The number of carbonyl (C=O) groups is 2. The third-order valence-electron chi connectivity index (χ3n) is 7.04. The number of hydrogen-bond acceptors (Lipinski definition) is 4. The fraction of sp³-hybridized carbons (Fsp3) is 0.931. The predicted octanol–water partition coefficient (Wildman–Crippen LogP) is 8.65. The van der Waals surface area contributed by atoms with E-state index in [0.717, 1.165) is 31.6 Å². The molecule has 0 amide bonds. The first kappa shape index (κ1) is 31.9. The number of ether oxygens (including phenoxy) is 2. The van der Waals surface area contributed by atoms with Crippen LogP contribution in [0.2, 0.25) is 0 Å². The van der Waals surface area contributed by atoms with Gasteiger partial charge in [-0.25, -0.2) is 0 Å². The van der Waals surface area contributed by atoms with E-state index in [0.29, 0.717) is 32.0 Å². The van der Waals surface area contributed by atoms with Gasteiger partial charge in [-0.3, -0.25) is 9.59 Å². The highest BCUT2D eigenvalue weighted by Crippen LogP contribution is 2.30. The van der Waals surface area contributed by atoms with Gasteiger partial charge in [-0.05, 0) is 37.5 Å². The second-order valence-corrected chi connectivity index (χ2v) is 10.5. The molecule has 1 atom stereocenters. The lowest BCUT2D eigenvalue weighted by Gasteiger charge is -2.27. The van der Waals surface area contributed by atoms with Crippen molar-refractivity contribution >= 4 is 11.9 Å². The van der Waals surface area contributed by atoms with Crippen molar-refractivity contribution in [2.75, 3.05) is 13.2 Å². The maximum absolute atomic E-state index is 12.8. The molecule has 33 heavy (non-hydrogen) atoms. The monoisotopic (exact) mass is 468 g/mol. The highest BCUT2D eigenvalue weighted by molar-refractivity contribution is 5.99. The molecule has 0 aromatic rings. The molecule has 0 saturated carbocycles. The molecule has 1 unspecified atom stereocenters. The Bertz CT molecular complexity index is 482. The Kier molecular flexibility index (Phi) is 19.7. The van der Waals surface area contributed by atoms with Crippen LogP contribution in [0.4, 0.5) is 0 Å². The fourth-order valence-electron chi connectivity index (χ4n) is 4.31. The van der Waals surface area contributed by atoms with E-state index in [4.69, 9.17) is 9.47 Å². The van der Waals surface area contributed by atoms with Crippen LogP contribution < -0.4 is 0 Å². The lowest BCUT2D eigenvalue weighted by atomic mass is 9.82. The summed E-state index contributed by atoms with van der Waals surface area (Å²) in [6.07, 6.45) is 17.7. The van der Waals surface area contributed by atoms with Crippen molar-refractivity contribution in [3.8, 4) is 0 Å². The van der Waals surface area contributed by atoms with Crippen molar-refractivity contribution in [1.29, 1.82) is 0 Å². The van der Waals surface area contributed by atoms with Gasteiger partial charge >= 0.3 is 11.9 Å². The van der Waals surface area contributed by atoms with E-state index in [1.54, 1.807) is 0 Å². The molecular weight excluding hydrogens is 412 g/mol. The summed E-state index contributed by atoms with van der Waals surface area (Å²) in [5, 5.41) is 0. The smallest absolute Gasteiger partial charge is 0.323 e. The first-order valence-electron chi connectivity index (χ1n) is 14.2. The van der Waals surface area contributed by atoms with Crippen LogP contribution in [0.15, 0.2) is 0 Å². The minimum absolute atomic E-state index is 0.384. The molecule has 0 heterocycles. The molecule has 0 aromatic carbocycles. The Morgan fingerprint density at radius 2 is 1.09 bits per heavy atom. The molecule has 196 valence electrons. The van der Waals surface area contributed by atoms with E-state index in [9.17, 15) is 9.59 Å². The molecule has 0 rings (SSSR count). The van der Waals surface area contributed by atoms with E-state index in [1.807, 2.05) is 13.8 Å². The van der Waals surface area contributed by atoms with Crippen molar-refractivity contribution < 1.29 is 19.1 Å². The number of carbonyl (C=O) groups excluding carboxylic acids is 2. The Balaban J connectivity index is 4.16. The van der Waals surface area contributed by atoms with Gasteiger partial charge in [0.2, 0.25) is 0 Å². The van der Waals surface area contributed by atoms with E-state index in [1.165, 1.54) is 64.2 Å². The molecule has 0 fully saturated rings. The van der Waals surface area contributed by atoms with Gasteiger partial charge < -0.3 is 9.47 Å². The van der Waals surface area contributed by atoms with E-state index in [-0.39, 0.29) is 0 Å². The zero-order valence-electron chi connectivity index (χ0n) is 23.0. The maximum atomic E-state index is 12.8. The first-order chi connectivity index (χ1) is 15.8. The average molecular weight is 469 g/mol. The molecule has 4 nitrogen and oxygen atoms in total. The number of esters is 2. The van der Waals surface area contributed by atoms with Crippen LogP contribution in [0, 0.1) is 17.3 Å². The molecule has 0 aliphatic heterocycles. The predicted molar refractivity (Wildman–Crippen MR) is 139 cm³/mol. The number of unbranched alkanes of at least 4 members (excludes halogenated alkanes) is 9. The molecule has 0 bridgehead atoms. The van der Waals surface area contributed by atoms with E-state index < -0.39 is 17.4 Å². The van der Waals surface area contributed by atoms with Gasteiger partial charge in [0.05, 0.1) is 13.2 Å². The summed E-state index contributed by atoms with van der Waals surface area (Å²) in [7, 11) is 0. The summed E-state index contributed by atoms with van der Waals surface area (Å²) in [4.78, 5) is 25.6. The van der Waals surface area contributed by atoms with Crippen LogP contribution in [0.25, 0.3) is 0 Å². The third kappa shape index (κ3) is 14.7. The van der Waals surface area contributed by atoms with Crippen molar-refractivity contribution in [2.24, 2.45) is 17.3 Å². The quantitative estimate of drug-likeness (QED) is 0.0906. The van der Waals surface area contributed by atoms with Crippen LogP contribution in [-0.4, -0.2) is 25.2 Å². The van der Waals surface area contributed by atoms with Gasteiger partial charge in [-0.1, -0.05) is 119 Å². The van der Waals surface area contributed by atoms with E-state index in [2.05, 4.69) is 27.7 Å². The molecule has 0 N–H and O–H groups in total. The summed E-state index contributed by atoms with van der Waals surface area (Å²) in [6, 6.07) is 0. The molecule has 0 aliphatic rings. The van der Waals surface area contributed by atoms with Crippen LogP contribution in [-0.2, 0) is 19.1 Å². The van der Waals surface area contributed by atoms with Gasteiger partial charge in [0.1, 0.15) is 0 Å². The summed E-state index contributed by atoms with van der Waals surface area (Å²) in [5.74, 6) is 0.446. The minimum atomic E-state index is -1.15. The largest absolute Gasteiger partial charge is 0.465 e. The molecule has 0 radical (unpaired) electrons. The Hall–Kier alpha value is -1.06. The van der Waals surface area contributed by atoms with Gasteiger partial charge in [0, 0.05) is 0 Å². The number of rotatable bonds is 22. The average Bonchev–Trinajstić information content (AvgIpc) is 2.78. The maximum Gasteiger partial charge on any atom is 0.323 e. The zero-order chi connectivity index (χ0) is 25.0. The molecular formula is C29H56O4. The van der Waals surface area contributed by atoms with Crippen LogP contribution in [0.5, 0.6) is 0 Å². The van der Waals surface area contributed by atoms with Gasteiger partial charge in [0.25, 0.3) is 0 Å². The summed E-state index contributed by atoms with van der Waals surface area (Å²) < 4.78 is 11.1. The van der Waals surface area contributed by atoms with Crippen molar-refractivity contribution in [1.82, 2.24) is 0 Å². The first-order valence-corrected chi connectivity index (χ1v) is 14.2. The van der Waals surface area contributed by atoms with Crippen molar-refractivity contribution in [3.05, 3.63) is 0 Å². The van der Waals surface area contributed by atoms with Gasteiger partial charge in [-0.15, -0.1) is 0 Å². The Morgan fingerprint density at radius 1 is 0.606 bits per heavy atom. The normalized spacial score (nSPS) is 12.7. The van der Waals surface area contributed by atoms with Gasteiger partial charge in [-0.2, -0.15) is 0 Å². The standard InChI is InChI=1S/C29H56O4/c1-7-10-11-12-13-14-15-16-17-18-23-32-27(30)29(8-2,9-3)28(31)33-24-22-26(6)21-19-20-25(4)5/h25-26H,7-24H2,1-6H3. The number of hydrogen-bond donors (Lipinski definition) is 0. The Labute approximate surface area is 206 Å². The summed E-state index contributed by atoms with van der Waals surface area (Å²) in [6.45, 7) is 13.5. The second-order valence-electron chi connectivity index (χ2n) is 10.5. The SMILES string of the molecule is CCCCCCCCCCCCOC(=O)C(CC)(CC)C(=O)OCCC(C)CCCC(C)C. The Morgan fingerprint density at radius 3 is 1.58 bits per heavy atom. The zero-order valence-corrected chi connectivity index (χ0v) is 23.0. The fourth-order valence-corrected chi connectivity index (χ4v) is 4.31. The summed E-state index contributed by atoms with van der Waals surface area (Å²) in [5.41, 5.74) is -1.15. The van der Waals surface area contributed by atoms with Crippen LogP contribution in [0.3, 0.4) is 0 Å². The van der Waals surface area contributed by atoms with E-state index >= 15 is 0 Å². The van der Waals surface area contributed by atoms with Crippen molar-refractivity contribution in [2.45, 2.75) is 144 Å². The molecule has 4 heteroatoms. The van der Waals surface area contributed by atoms with Gasteiger partial charge in [0.15, 0.2) is 5.41 Å². The third-order valence-corrected chi connectivity index (χ3v) is 7.04. The lowest BCUT2D eigenvalue weighted by Crippen LogP contribution is -2.41. The molecule has 0 aliphatic carbocycles. The highest BCUT2D eigenvalue weighted by Gasteiger charge is 2.45. The topological polar surface area (TPSA) is 52.6 Å². The minimum Gasteiger partial charge on any atom is -0.465 e. The molecule has 0 saturated heterocycles. The summed E-state index contributed by atoms with van der Waals surface area (Å²) >= 11 is 0.